The van der Waals surface area contributed by atoms with Gasteiger partial charge in [-0.3, -0.25) is 0 Å². The average molecular weight is 357 g/mol. The Hall–Kier alpha value is -1.88. The van der Waals surface area contributed by atoms with Crippen LogP contribution in [0.2, 0.25) is 0 Å². The summed E-state index contributed by atoms with van der Waals surface area (Å²) in [4.78, 5) is 3.12. The predicted molar refractivity (Wildman–Crippen MR) is 104 cm³/mol. The van der Waals surface area contributed by atoms with Crippen LogP contribution in [0.25, 0.3) is 0 Å². The Morgan fingerprint density at radius 2 is 1.54 bits per heavy atom. The van der Waals surface area contributed by atoms with Crippen molar-refractivity contribution in [2.24, 2.45) is 0 Å². The van der Waals surface area contributed by atoms with Gasteiger partial charge in [0.15, 0.2) is 0 Å². The first-order valence-electron chi connectivity index (χ1n) is 9.69. The Morgan fingerprint density at radius 1 is 0.923 bits per heavy atom. The maximum absolute atomic E-state index is 10.3. The fourth-order valence-corrected chi connectivity index (χ4v) is 3.82. The summed E-state index contributed by atoms with van der Waals surface area (Å²) in [7, 11) is 0. The number of piperazine rings is 1. The van der Waals surface area contributed by atoms with E-state index in [-0.39, 0.29) is 0 Å². The van der Waals surface area contributed by atoms with Crippen molar-refractivity contribution in [3.63, 3.8) is 0 Å². The number of aliphatic hydroxyl groups is 1. The van der Waals surface area contributed by atoms with Crippen LogP contribution in [0.15, 0.2) is 48.5 Å². The van der Waals surface area contributed by atoms with Gasteiger partial charge in [0, 0.05) is 5.56 Å². The molecule has 1 saturated heterocycles. The molecule has 1 atom stereocenters. The minimum Gasteiger partial charge on any atom is -0.491 e. The quantitative estimate of drug-likeness (QED) is 0.655. The second kappa shape index (κ2) is 9.17. The van der Waals surface area contributed by atoms with Crippen molar-refractivity contribution in [3.8, 4) is 5.75 Å². The smallest absolute Gasteiger partial charge is 0.137 e. The SMILES string of the molecule is Cc1cc(C)cc(OCC(O)C[NH+]2CC[NH+](Cc3ccccc3)CC2)c1. The summed E-state index contributed by atoms with van der Waals surface area (Å²) in [6, 6.07) is 16.9. The molecule has 1 unspecified atom stereocenters. The summed E-state index contributed by atoms with van der Waals surface area (Å²) >= 11 is 0. The van der Waals surface area contributed by atoms with E-state index in [1.807, 2.05) is 12.1 Å². The zero-order valence-corrected chi connectivity index (χ0v) is 16.0. The molecule has 0 amide bonds. The molecule has 26 heavy (non-hydrogen) atoms. The lowest BCUT2D eigenvalue weighted by Gasteiger charge is -2.30. The van der Waals surface area contributed by atoms with Gasteiger partial charge in [0.2, 0.25) is 0 Å². The molecule has 0 saturated carbocycles. The minimum absolute atomic E-state index is 0.368. The largest absolute Gasteiger partial charge is 0.491 e. The van der Waals surface area contributed by atoms with Gasteiger partial charge in [0.1, 0.15) is 57.7 Å². The second-order valence-electron chi connectivity index (χ2n) is 7.65. The zero-order chi connectivity index (χ0) is 18.4. The molecule has 1 heterocycles. The molecule has 0 spiro atoms. The number of aliphatic hydroxyl groups excluding tert-OH is 1. The standard InChI is InChI=1S/C22H30N2O2/c1-18-12-19(2)14-22(13-18)26-17-21(25)16-24-10-8-23(9-11-24)15-20-6-4-3-5-7-20/h3-7,12-14,21,25H,8-11,15-17H2,1-2H3/p+2. The third kappa shape index (κ3) is 5.84. The van der Waals surface area contributed by atoms with Crippen LogP contribution in [0.5, 0.6) is 5.75 Å². The molecule has 0 aliphatic carbocycles. The average Bonchev–Trinajstić information content (AvgIpc) is 2.62. The Bertz CT molecular complexity index is 662. The Kier molecular flexibility index (Phi) is 6.67. The van der Waals surface area contributed by atoms with Crippen molar-refractivity contribution in [1.82, 2.24) is 0 Å². The number of benzene rings is 2. The van der Waals surface area contributed by atoms with Crippen molar-refractivity contribution in [1.29, 1.82) is 0 Å². The molecule has 4 heteroatoms. The monoisotopic (exact) mass is 356 g/mol. The second-order valence-corrected chi connectivity index (χ2v) is 7.65. The summed E-state index contributed by atoms with van der Waals surface area (Å²) in [5.74, 6) is 0.855. The van der Waals surface area contributed by atoms with Crippen LogP contribution in [0.4, 0.5) is 0 Å². The molecule has 0 aromatic heterocycles. The lowest BCUT2D eigenvalue weighted by molar-refractivity contribution is -1.02. The first-order chi connectivity index (χ1) is 12.6. The molecule has 2 aromatic rings. The Balaban J connectivity index is 1.38. The van der Waals surface area contributed by atoms with E-state index in [0.717, 1.165) is 45.0 Å². The lowest BCUT2D eigenvalue weighted by atomic mass is 10.1. The molecule has 1 aliphatic rings. The van der Waals surface area contributed by atoms with Crippen LogP contribution in [0.3, 0.4) is 0 Å². The first-order valence-corrected chi connectivity index (χ1v) is 9.69. The molecule has 0 radical (unpaired) electrons. The molecule has 2 aromatic carbocycles. The van der Waals surface area contributed by atoms with E-state index < -0.39 is 6.10 Å². The third-order valence-corrected chi connectivity index (χ3v) is 5.12. The maximum Gasteiger partial charge on any atom is 0.137 e. The highest BCUT2D eigenvalue weighted by Gasteiger charge is 2.25. The van der Waals surface area contributed by atoms with Crippen LogP contribution in [0.1, 0.15) is 16.7 Å². The fraction of sp³-hybridized carbons (Fsp3) is 0.455. The minimum atomic E-state index is -0.415. The van der Waals surface area contributed by atoms with Crippen LogP contribution in [-0.4, -0.2) is 50.5 Å². The summed E-state index contributed by atoms with van der Waals surface area (Å²) < 4.78 is 5.80. The van der Waals surface area contributed by atoms with E-state index >= 15 is 0 Å². The van der Waals surface area contributed by atoms with Gasteiger partial charge in [-0.2, -0.15) is 0 Å². The van der Waals surface area contributed by atoms with Gasteiger partial charge in [-0.25, -0.2) is 0 Å². The summed E-state index contributed by atoms with van der Waals surface area (Å²) in [6.07, 6.45) is -0.415. The number of ether oxygens (including phenoxy) is 1. The fourth-order valence-electron chi connectivity index (χ4n) is 3.82. The van der Waals surface area contributed by atoms with E-state index in [9.17, 15) is 5.11 Å². The van der Waals surface area contributed by atoms with Gasteiger partial charge < -0.3 is 19.6 Å². The molecule has 3 N–H and O–H groups in total. The number of nitrogens with one attached hydrogen (secondary N) is 2. The molecule has 3 rings (SSSR count). The van der Waals surface area contributed by atoms with Gasteiger partial charge >= 0.3 is 0 Å². The molecular formula is C22H32N2O2+2. The van der Waals surface area contributed by atoms with E-state index in [1.165, 1.54) is 21.6 Å². The van der Waals surface area contributed by atoms with Gasteiger partial charge in [-0.15, -0.1) is 0 Å². The van der Waals surface area contributed by atoms with Gasteiger partial charge in [-0.05, 0) is 37.1 Å². The lowest BCUT2D eigenvalue weighted by Crippen LogP contribution is -3.28. The van der Waals surface area contributed by atoms with Crippen molar-refractivity contribution < 1.29 is 19.6 Å². The normalized spacial score (nSPS) is 21.3. The predicted octanol–water partition coefficient (Wildman–Crippen LogP) is 0.0267. The number of rotatable bonds is 7. The number of hydrogen-bond acceptors (Lipinski definition) is 2. The van der Waals surface area contributed by atoms with Gasteiger partial charge in [0.25, 0.3) is 0 Å². The van der Waals surface area contributed by atoms with Crippen molar-refractivity contribution in [2.75, 3.05) is 39.3 Å². The Morgan fingerprint density at radius 3 is 2.19 bits per heavy atom. The van der Waals surface area contributed by atoms with Crippen LogP contribution in [-0.2, 0) is 6.54 Å². The maximum atomic E-state index is 10.3. The van der Waals surface area contributed by atoms with Gasteiger partial charge in [-0.1, -0.05) is 36.4 Å². The molecule has 140 valence electrons. The first kappa shape index (κ1) is 18.9. The molecule has 0 bridgehead atoms. The number of quaternary nitrogens is 2. The highest BCUT2D eigenvalue weighted by molar-refractivity contribution is 5.32. The number of hydrogen-bond donors (Lipinski definition) is 3. The zero-order valence-electron chi connectivity index (χ0n) is 16.0. The van der Waals surface area contributed by atoms with Crippen molar-refractivity contribution in [3.05, 3.63) is 65.2 Å². The molecule has 4 nitrogen and oxygen atoms in total. The Labute approximate surface area is 157 Å². The van der Waals surface area contributed by atoms with E-state index in [0.29, 0.717) is 6.61 Å². The molecular weight excluding hydrogens is 324 g/mol. The summed E-state index contributed by atoms with van der Waals surface area (Å²) in [5, 5.41) is 10.3. The van der Waals surface area contributed by atoms with Crippen LogP contribution < -0.4 is 14.5 Å². The van der Waals surface area contributed by atoms with Crippen molar-refractivity contribution >= 4 is 0 Å². The summed E-state index contributed by atoms with van der Waals surface area (Å²) in [5.41, 5.74) is 3.79. The summed E-state index contributed by atoms with van der Waals surface area (Å²) in [6.45, 7) is 10.9. The third-order valence-electron chi connectivity index (χ3n) is 5.12. The van der Waals surface area contributed by atoms with Crippen molar-refractivity contribution in [2.45, 2.75) is 26.5 Å². The van der Waals surface area contributed by atoms with E-state index in [4.69, 9.17) is 4.74 Å². The van der Waals surface area contributed by atoms with E-state index in [2.05, 4.69) is 50.2 Å². The molecule has 1 fully saturated rings. The van der Waals surface area contributed by atoms with Gasteiger partial charge in [0.05, 0.1) is 0 Å². The topological polar surface area (TPSA) is 38.3 Å². The van der Waals surface area contributed by atoms with E-state index in [1.54, 1.807) is 4.90 Å². The van der Waals surface area contributed by atoms with Crippen LogP contribution in [0, 0.1) is 13.8 Å². The van der Waals surface area contributed by atoms with Crippen LogP contribution >= 0.6 is 0 Å². The number of aryl methyl sites for hydroxylation is 2. The molecule has 1 aliphatic heterocycles. The highest BCUT2D eigenvalue weighted by atomic mass is 16.5. The highest BCUT2D eigenvalue weighted by Crippen LogP contribution is 2.16.